The van der Waals surface area contributed by atoms with E-state index in [0.717, 1.165) is 5.56 Å². The van der Waals surface area contributed by atoms with Crippen LogP contribution in [0.15, 0.2) is 47.6 Å². The zero-order chi connectivity index (χ0) is 21.8. The minimum Gasteiger partial charge on any atom is -0.379 e. The Balaban J connectivity index is 1.39. The summed E-state index contributed by atoms with van der Waals surface area (Å²) < 4.78 is 5.32. The van der Waals surface area contributed by atoms with E-state index < -0.39 is 17.7 Å². The predicted molar refractivity (Wildman–Crippen MR) is 117 cm³/mol. The van der Waals surface area contributed by atoms with E-state index in [4.69, 9.17) is 16.3 Å². The second-order valence-corrected chi connectivity index (χ2v) is 7.48. The molecular weight excluding hydrogens is 422 g/mol. The van der Waals surface area contributed by atoms with Gasteiger partial charge >= 0.3 is 11.9 Å². The van der Waals surface area contributed by atoms with Crippen LogP contribution < -0.4 is 15.6 Å². The number of fused-ring (bicyclic) bond motifs is 1. The number of hydrazone groups is 1. The van der Waals surface area contributed by atoms with Crippen LogP contribution in [0.5, 0.6) is 0 Å². The van der Waals surface area contributed by atoms with E-state index in [9.17, 15) is 14.4 Å². The fourth-order valence-electron chi connectivity index (χ4n) is 3.33. The third-order valence-electron chi connectivity index (χ3n) is 4.92. The molecule has 9 nitrogen and oxygen atoms in total. The van der Waals surface area contributed by atoms with Crippen molar-refractivity contribution in [3.05, 3.63) is 58.6 Å². The van der Waals surface area contributed by atoms with E-state index in [2.05, 4.69) is 20.7 Å². The first-order chi connectivity index (χ1) is 15.0. The van der Waals surface area contributed by atoms with E-state index in [-0.39, 0.29) is 5.56 Å². The van der Waals surface area contributed by atoms with Gasteiger partial charge in [-0.2, -0.15) is 5.10 Å². The van der Waals surface area contributed by atoms with Crippen LogP contribution in [0.25, 0.3) is 0 Å². The summed E-state index contributed by atoms with van der Waals surface area (Å²) in [5, 5.41) is 7.08. The molecule has 2 heterocycles. The van der Waals surface area contributed by atoms with Crippen molar-refractivity contribution in [3.63, 3.8) is 0 Å². The number of halogens is 1. The average Bonchev–Trinajstić information content (AvgIpc) is 3.00. The summed E-state index contributed by atoms with van der Waals surface area (Å²) in [5.74, 6) is -1.16. The Morgan fingerprint density at radius 2 is 1.87 bits per heavy atom. The van der Waals surface area contributed by atoms with Gasteiger partial charge in [-0.05, 0) is 35.9 Å². The van der Waals surface area contributed by atoms with Crippen LogP contribution in [-0.4, -0.2) is 61.8 Å². The molecule has 2 aromatic rings. The normalized spacial score (nSPS) is 16.6. The maximum Gasteiger partial charge on any atom is 0.339 e. The summed E-state index contributed by atoms with van der Waals surface area (Å²) >= 11 is 5.82. The standard InChI is InChI=1S/C21H20ClN5O4/c22-15-3-1-14(2-4-15)12-23-25-21(30)24-16-5-6-18-17(11-16)19(28)20(29)27(18)13-26-7-9-31-10-8-26/h1-6,11-12H,7-10,13H2,(H2,24,25,30)/b23-12+. The maximum atomic E-state index is 12.5. The molecule has 2 aliphatic rings. The molecule has 0 spiro atoms. The number of hydrogen-bond donors (Lipinski definition) is 2. The molecule has 0 unspecified atom stereocenters. The second-order valence-electron chi connectivity index (χ2n) is 7.04. The summed E-state index contributed by atoms with van der Waals surface area (Å²) in [6.07, 6.45) is 1.48. The lowest BCUT2D eigenvalue weighted by Crippen LogP contribution is -2.45. The molecule has 1 fully saturated rings. The number of nitrogens with one attached hydrogen (secondary N) is 2. The number of carbonyl (C=O) groups is 3. The van der Waals surface area contributed by atoms with Gasteiger partial charge in [0.1, 0.15) is 0 Å². The van der Waals surface area contributed by atoms with E-state index in [0.29, 0.717) is 49.4 Å². The zero-order valence-electron chi connectivity index (χ0n) is 16.5. The summed E-state index contributed by atoms with van der Waals surface area (Å²) in [6.45, 7) is 2.92. The molecule has 0 aliphatic carbocycles. The number of amides is 3. The number of carbonyl (C=O) groups excluding carboxylic acids is 3. The lowest BCUT2D eigenvalue weighted by Gasteiger charge is -2.30. The molecule has 0 aromatic heterocycles. The molecule has 0 atom stereocenters. The number of urea groups is 1. The van der Waals surface area contributed by atoms with Gasteiger partial charge < -0.3 is 10.1 Å². The Kier molecular flexibility index (Phi) is 6.26. The molecule has 31 heavy (non-hydrogen) atoms. The minimum absolute atomic E-state index is 0.265. The number of hydrogen-bond acceptors (Lipinski definition) is 6. The molecule has 2 aromatic carbocycles. The Hall–Kier alpha value is -3.27. The number of benzene rings is 2. The zero-order valence-corrected chi connectivity index (χ0v) is 17.3. The topological polar surface area (TPSA) is 103 Å². The van der Waals surface area contributed by atoms with E-state index >= 15 is 0 Å². The summed E-state index contributed by atoms with van der Waals surface area (Å²) in [4.78, 5) is 40.5. The van der Waals surface area contributed by atoms with Gasteiger partial charge in [-0.3, -0.25) is 19.4 Å². The fraction of sp³-hybridized carbons (Fsp3) is 0.238. The Bertz CT molecular complexity index is 1030. The first-order valence-electron chi connectivity index (χ1n) is 9.67. The fourth-order valence-corrected chi connectivity index (χ4v) is 3.46. The van der Waals surface area contributed by atoms with Crippen LogP contribution in [-0.2, 0) is 9.53 Å². The average molecular weight is 442 g/mol. The van der Waals surface area contributed by atoms with Gasteiger partial charge in [-0.25, -0.2) is 10.2 Å². The van der Waals surface area contributed by atoms with Gasteiger partial charge in [0.25, 0.3) is 5.78 Å². The van der Waals surface area contributed by atoms with E-state index in [1.54, 1.807) is 36.4 Å². The van der Waals surface area contributed by atoms with Crippen LogP contribution in [0.2, 0.25) is 5.02 Å². The highest BCUT2D eigenvalue weighted by Gasteiger charge is 2.37. The third kappa shape index (κ3) is 4.91. The van der Waals surface area contributed by atoms with Gasteiger partial charge in [0.15, 0.2) is 0 Å². The summed E-state index contributed by atoms with van der Waals surface area (Å²) in [6, 6.07) is 11.2. The third-order valence-corrected chi connectivity index (χ3v) is 5.18. The van der Waals surface area contributed by atoms with Crippen molar-refractivity contribution >= 4 is 46.9 Å². The van der Waals surface area contributed by atoms with Crippen LogP contribution in [0, 0.1) is 0 Å². The molecule has 0 radical (unpaired) electrons. The summed E-state index contributed by atoms with van der Waals surface area (Å²) in [5.41, 5.74) is 4.30. The van der Waals surface area contributed by atoms with Crippen molar-refractivity contribution in [3.8, 4) is 0 Å². The molecule has 2 N–H and O–H groups in total. The first kappa shape index (κ1) is 21.0. The number of ether oxygens (including phenoxy) is 1. The molecular formula is C21H20ClN5O4. The quantitative estimate of drug-likeness (QED) is 0.421. The smallest absolute Gasteiger partial charge is 0.339 e. The van der Waals surface area contributed by atoms with Crippen LogP contribution in [0.1, 0.15) is 15.9 Å². The van der Waals surface area contributed by atoms with Crippen molar-refractivity contribution in [1.29, 1.82) is 0 Å². The molecule has 0 saturated carbocycles. The highest BCUT2D eigenvalue weighted by molar-refractivity contribution is 6.52. The van der Waals surface area contributed by atoms with E-state index in [1.165, 1.54) is 17.2 Å². The number of ketones is 1. The maximum absolute atomic E-state index is 12.5. The van der Waals surface area contributed by atoms with Crippen molar-refractivity contribution in [2.75, 3.05) is 43.2 Å². The lowest BCUT2D eigenvalue weighted by molar-refractivity contribution is -0.114. The molecule has 3 amide bonds. The van der Waals surface area contributed by atoms with Crippen molar-refractivity contribution < 1.29 is 19.1 Å². The van der Waals surface area contributed by atoms with Gasteiger partial charge in [0, 0.05) is 23.8 Å². The second kappa shape index (κ2) is 9.25. The predicted octanol–water partition coefficient (Wildman–Crippen LogP) is 2.31. The largest absolute Gasteiger partial charge is 0.379 e. The highest BCUT2D eigenvalue weighted by Crippen LogP contribution is 2.31. The summed E-state index contributed by atoms with van der Waals surface area (Å²) in [7, 11) is 0. The molecule has 0 bridgehead atoms. The van der Waals surface area contributed by atoms with Crippen molar-refractivity contribution in [2.45, 2.75) is 0 Å². The number of Topliss-reactive ketones (excluding diaryl/α,β-unsaturated/α-hetero) is 1. The SMILES string of the molecule is O=C(N/N=C/c1ccc(Cl)cc1)Nc1ccc2c(c1)C(=O)C(=O)N2CN1CCOCC1. The Morgan fingerprint density at radius 1 is 1.13 bits per heavy atom. The van der Waals surface area contributed by atoms with Crippen LogP contribution in [0.3, 0.4) is 0 Å². The van der Waals surface area contributed by atoms with Crippen LogP contribution in [0.4, 0.5) is 16.2 Å². The van der Waals surface area contributed by atoms with Gasteiger partial charge in [-0.1, -0.05) is 23.7 Å². The number of morpholine rings is 1. The van der Waals surface area contributed by atoms with Gasteiger partial charge in [-0.15, -0.1) is 0 Å². The van der Waals surface area contributed by atoms with Gasteiger partial charge in [0.2, 0.25) is 0 Å². The number of rotatable bonds is 5. The van der Waals surface area contributed by atoms with Gasteiger partial charge in [0.05, 0.1) is 37.3 Å². The monoisotopic (exact) mass is 441 g/mol. The molecule has 4 rings (SSSR count). The molecule has 10 heteroatoms. The first-order valence-corrected chi connectivity index (χ1v) is 10.0. The molecule has 2 aliphatic heterocycles. The Labute approximate surface area is 183 Å². The number of nitrogens with zero attached hydrogens (tertiary/aromatic N) is 3. The van der Waals surface area contributed by atoms with E-state index in [1.807, 2.05) is 0 Å². The van der Waals surface area contributed by atoms with Crippen molar-refractivity contribution in [1.82, 2.24) is 10.3 Å². The van der Waals surface area contributed by atoms with Crippen LogP contribution >= 0.6 is 11.6 Å². The molecule has 1 saturated heterocycles. The van der Waals surface area contributed by atoms with Crippen molar-refractivity contribution in [2.24, 2.45) is 5.10 Å². The highest BCUT2D eigenvalue weighted by atomic mass is 35.5. The Morgan fingerprint density at radius 3 is 2.61 bits per heavy atom. The number of anilines is 2. The molecule has 160 valence electrons. The minimum atomic E-state index is -0.590. The lowest BCUT2D eigenvalue weighted by atomic mass is 10.1.